The molecule has 0 radical (unpaired) electrons. The largest absolute Gasteiger partial charge is 0.344 e. The molecule has 2 heterocycles. The van der Waals surface area contributed by atoms with Crippen LogP contribution in [0.5, 0.6) is 0 Å². The predicted octanol–water partition coefficient (Wildman–Crippen LogP) is 1.79. The van der Waals surface area contributed by atoms with E-state index in [2.05, 4.69) is 27.4 Å². The molecule has 1 aliphatic carbocycles. The van der Waals surface area contributed by atoms with E-state index < -0.39 is 0 Å². The Labute approximate surface area is 83.6 Å². The third kappa shape index (κ3) is 1.28. The lowest BCUT2D eigenvalue weighted by atomic mass is 10.1. The first-order valence-corrected chi connectivity index (χ1v) is 5.42. The number of fused-ring (bicyclic) bond motifs is 1. The second-order valence-electron chi connectivity index (χ2n) is 4.08. The van der Waals surface area contributed by atoms with E-state index >= 15 is 0 Å². The summed E-state index contributed by atoms with van der Waals surface area (Å²) in [4.78, 5) is 8.08. The zero-order valence-electron chi connectivity index (χ0n) is 8.21. The van der Waals surface area contributed by atoms with Crippen molar-refractivity contribution in [1.29, 1.82) is 0 Å². The highest BCUT2D eigenvalue weighted by Gasteiger charge is 2.21. The summed E-state index contributed by atoms with van der Waals surface area (Å²) >= 11 is 0. The average Bonchev–Trinajstić information content (AvgIpc) is 2.86. The molecule has 0 aromatic carbocycles. The molecule has 74 valence electrons. The Bertz CT molecular complexity index is 359. The highest BCUT2D eigenvalue weighted by Crippen LogP contribution is 2.24. The maximum atomic E-state index is 4.63. The van der Waals surface area contributed by atoms with E-state index in [1.807, 2.05) is 0 Å². The minimum Gasteiger partial charge on any atom is -0.344 e. The number of allylic oxidation sites excluding steroid dienone is 1. The van der Waals surface area contributed by atoms with Crippen LogP contribution in [0.1, 0.15) is 42.5 Å². The lowest BCUT2D eigenvalue weighted by Crippen LogP contribution is -2.14. The molecule has 14 heavy (non-hydrogen) atoms. The Balaban J connectivity index is 1.92. The smallest absolute Gasteiger partial charge is 0.124 e. The van der Waals surface area contributed by atoms with Crippen LogP contribution in [0.25, 0.3) is 6.08 Å². The van der Waals surface area contributed by atoms with Gasteiger partial charge in [-0.2, -0.15) is 0 Å². The van der Waals surface area contributed by atoms with Gasteiger partial charge < -0.3 is 10.3 Å². The molecular formula is C11H15N3. The fraction of sp³-hybridized carbons (Fsp3) is 0.545. The third-order valence-electron chi connectivity index (χ3n) is 3.06. The van der Waals surface area contributed by atoms with Crippen molar-refractivity contribution in [2.24, 2.45) is 0 Å². The Hall–Kier alpha value is -1.09. The van der Waals surface area contributed by atoms with Crippen LogP contribution < -0.4 is 5.32 Å². The highest BCUT2D eigenvalue weighted by molar-refractivity contribution is 5.50. The van der Waals surface area contributed by atoms with Crippen LogP contribution in [0.2, 0.25) is 0 Å². The van der Waals surface area contributed by atoms with Gasteiger partial charge >= 0.3 is 0 Å². The Morgan fingerprint density at radius 1 is 1.43 bits per heavy atom. The Kier molecular flexibility index (Phi) is 1.91. The van der Waals surface area contributed by atoms with Gasteiger partial charge in [-0.3, -0.25) is 0 Å². The number of aryl methyl sites for hydroxylation is 1. The van der Waals surface area contributed by atoms with Crippen LogP contribution in [0.3, 0.4) is 0 Å². The van der Waals surface area contributed by atoms with E-state index in [1.165, 1.54) is 18.5 Å². The van der Waals surface area contributed by atoms with Crippen molar-refractivity contribution in [2.45, 2.75) is 31.7 Å². The van der Waals surface area contributed by atoms with Gasteiger partial charge in [0.1, 0.15) is 5.82 Å². The number of aromatic amines is 1. The van der Waals surface area contributed by atoms with Crippen molar-refractivity contribution in [3.05, 3.63) is 23.3 Å². The molecule has 0 amide bonds. The van der Waals surface area contributed by atoms with Crippen molar-refractivity contribution in [3.8, 4) is 0 Å². The topological polar surface area (TPSA) is 40.7 Å². The van der Waals surface area contributed by atoms with Gasteiger partial charge in [0.05, 0.1) is 11.7 Å². The SMILES string of the molecule is C1=Cc2nc([C@@H]3CCCN3)[nH]c2CC1. The van der Waals surface area contributed by atoms with Gasteiger partial charge in [0.15, 0.2) is 0 Å². The van der Waals surface area contributed by atoms with Gasteiger partial charge in [0.2, 0.25) is 0 Å². The molecule has 1 aromatic heterocycles. The minimum absolute atomic E-state index is 0.467. The normalized spacial score (nSPS) is 25.3. The molecule has 2 N–H and O–H groups in total. The van der Waals surface area contributed by atoms with E-state index in [-0.39, 0.29) is 0 Å². The summed E-state index contributed by atoms with van der Waals surface area (Å²) < 4.78 is 0. The molecule has 0 spiro atoms. The first kappa shape index (κ1) is 8.24. The zero-order chi connectivity index (χ0) is 9.38. The number of aromatic nitrogens is 2. The maximum Gasteiger partial charge on any atom is 0.124 e. The van der Waals surface area contributed by atoms with Crippen LogP contribution in [0.4, 0.5) is 0 Å². The molecule has 2 aliphatic rings. The molecule has 0 saturated carbocycles. The second-order valence-corrected chi connectivity index (χ2v) is 4.08. The molecule has 1 aromatic rings. The third-order valence-corrected chi connectivity index (χ3v) is 3.06. The molecule has 0 bridgehead atoms. The lowest BCUT2D eigenvalue weighted by molar-refractivity contribution is 0.611. The molecule has 3 heteroatoms. The van der Waals surface area contributed by atoms with E-state index in [9.17, 15) is 0 Å². The summed E-state index contributed by atoms with van der Waals surface area (Å²) in [6.07, 6.45) is 9.09. The standard InChI is InChI=1S/C11H15N3/c1-2-5-9-8(4-1)13-11(14-9)10-6-3-7-12-10/h1,4,10,12H,2-3,5-7H2,(H,13,14)/t10-/m0/s1. The van der Waals surface area contributed by atoms with Gasteiger partial charge in [-0.05, 0) is 38.3 Å². The van der Waals surface area contributed by atoms with Crippen molar-refractivity contribution in [2.75, 3.05) is 6.54 Å². The Morgan fingerprint density at radius 2 is 2.43 bits per heavy atom. The molecule has 1 aliphatic heterocycles. The fourth-order valence-corrected chi connectivity index (χ4v) is 2.28. The van der Waals surface area contributed by atoms with Gasteiger partial charge in [0, 0.05) is 5.69 Å². The number of H-pyrrole nitrogens is 1. The van der Waals surface area contributed by atoms with Gasteiger partial charge in [0.25, 0.3) is 0 Å². The van der Waals surface area contributed by atoms with Gasteiger partial charge in [-0.1, -0.05) is 6.08 Å². The number of hydrogen-bond acceptors (Lipinski definition) is 2. The zero-order valence-corrected chi connectivity index (χ0v) is 8.21. The second kappa shape index (κ2) is 3.24. The molecule has 3 rings (SSSR count). The van der Waals surface area contributed by atoms with Gasteiger partial charge in [-0.15, -0.1) is 0 Å². The van der Waals surface area contributed by atoms with E-state index in [0.29, 0.717) is 6.04 Å². The van der Waals surface area contributed by atoms with E-state index in [4.69, 9.17) is 0 Å². The molecular weight excluding hydrogens is 174 g/mol. The molecule has 1 atom stereocenters. The van der Waals surface area contributed by atoms with Crippen LogP contribution in [-0.4, -0.2) is 16.5 Å². The maximum absolute atomic E-state index is 4.63. The summed E-state index contributed by atoms with van der Waals surface area (Å²) in [6, 6.07) is 0.467. The molecule has 3 nitrogen and oxygen atoms in total. The van der Waals surface area contributed by atoms with Crippen molar-refractivity contribution in [3.63, 3.8) is 0 Å². The minimum atomic E-state index is 0.467. The number of imidazole rings is 1. The number of nitrogens with one attached hydrogen (secondary N) is 2. The first-order valence-electron chi connectivity index (χ1n) is 5.42. The monoisotopic (exact) mass is 189 g/mol. The summed E-state index contributed by atoms with van der Waals surface area (Å²) in [7, 11) is 0. The van der Waals surface area contributed by atoms with Crippen LogP contribution >= 0.6 is 0 Å². The van der Waals surface area contributed by atoms with E-state index in [0.717, 1.165) is 30.9 Å². The molecule has 1 fully saturated rings. The van der Waals surface area contributed by atoms with Crippen LogP contribution in [-0.2, 0) is 6.42 Å². The first-order chi connectivity index (χ1) is 6.93. The van der Waals surface area contributed by atoms with Crippen molar-refractivity contribution >= 4 is 6.08 Å². The molecule has 1 saturated heterocycles. The summed E-state index contributed by atoms with van der Waals surface area (Å²) in [5.41, 5.74) is 2.47. The average molecular weight is 189 g/mol. The van der Waals surface area contributed by atoms with E-state index in [1.54, 1.807) is 0 Å². The molecule has 0 unspecified atom stereocenters. The lowest BCUT2D eigenvalue weighted by Gasteiger charge is -2.04. The number of hydrogen-bond donors (Lipinski definition) is 2. The van der Waals surface area contributed by atoms with Crippen LogP contribution in [0, 0.1) is 0 Å². The van der Waals surface area contributed by atoms with Crippen LogP contribution in [0.15, 0.2) is 6.08 Å². The summed E-state index contributed by atoms with van der Waals surface area (Å²) in [5, 5.41) is 3.46. The predicted molar refractivity (Wildman–Crippen MR) is 55.9 cm³/mol. The number of nitrogens with zero attached hydrogens (tertiary/aromatic N) is 1. The highest BCUT2D eigenvalue weighted by atomic mass is 15.0. The summed E-state index contributed by atoms with van der Waals surface area (Å²) in [5.74, 6) is 1.14. The summed E-state index contributed by atoms with van der Waals surface area (Å²) in [6.45, 7) is 1.13. The number of rotatable bonds is 1. The fourth-order valence-electron chi connectivity index (χ4n) is 2.28. The van der Waals surface area contributed by atoms with Crippen molar-refractivity contribution < 1.29 is 0 Å². The van der Waals surface area contributed by atoms with Gasteiger partial charge in [-0.25, -0.2) is 4.98 Å². The Morgan fingerprint density at radius 3 is 3.21 bits per heavy atom. The van der Waals surface area contributed by atoms with Crippen molar-refractivity contribution in [1.82, 2.24) is 15.3 Å². The quantitative estimate of drug-likeness (QED) is 0.707.